The highest BCUT2D eigenvalue weighted by Gasteiger charge is 1.99. The van der Waals surface area contributed by atoms with Gasteiger partial charge in [-0.25, -0.2) is 0 Å². The van der Waals surface area contributed by atoms with Crippen LogP contribution in [0.2, 0.25) is 10.0 Å². The monoisotopic (exact) mass is 261 g/mol. The minimum absolute atomic E-state index is 0.284. The van der Waals surface area contributed by atoms with Gasteiger partial charge in [-0.05, 0) is 31.5 Å². The Labute approximate surface area is 107 Å². The number of ether oxygens (including phenoxy) is 1. The highest BCUT2D eigenvalue weighted by Crippen LogP contribution is 2.22. The molecule has 0 atom stereocenters. The smallest absolute Gasteiger partial charge is 0.0595 e. The molecule has 1 aromatic carbocycles. The Morgan fingerprint density at radius 2 is 2.00 bits per heavy atom. The van der Waals surface area contributed by atoms with Crippen LogP contribution in [0.4, 0.5) is 0 Å². The molecule has 0 heterocycles. The molecular formula is C12H17Cl2NO. The summed E-state index contributed by atoms with van der Waals surface area (Å²) >= 11 is 11.7. The van der Waals surface area contributed by atoms with E-state index in [1.807, 2.05) is 32.0 Å². The van der Waals surface area contributed by atoms with Crippen molar-refractivity contribution in [1.29, 1.82) is 0 Å². The van der Waals surface area contributed by atoms with Crippen molar-refractivity contribution < 1.29 is 4.74 Å². The van der Waals surface area contributed by atoms with Gasteiger partial charge in [-0.1, -0.05) is 29.3 Å². The molecule has 2 nitrogen and oxygen atoms in total. The van der Waals surface area contributed by atoms with Gasteiger partial charge >= 0.3 is 0 Å². The van der Waals surface area contributed by atoms with Gasteiger partial charge in [0, 0.05) is 13.1 Å². The Balaban J connectivity index is 2.24. The maximum Gasteiger partial charge on any atom is 0.0595 e. The van der Waals surface area contributed by atoms with Gasteiger partial charge in [0.15, 0.2) is 0 Å². The standard InChI is InChI=1S/C12H17Cl2NO/c1-9(2)16-6-5-15-8-10-3-4-11(13)12(14)7-10/h3-4,7,9,15H,5-6,8H2,1-2H3. The molecule has 0 saturated carbocycles. The van der Waals surface area contributed by atoms with E-state index < -0.39 is 0 Å². The molecular weight excluding hydrogens is 245 g/mol. The number of benzene rings is 1. The first-order valence-electron chi connectivity index (χ1n) is 5.36. The Bertz CT molecular complexity index is 329. The van der Waals surface area contributed by atoms with E-state index in [1.54, 1.807) is 0 Å². The van der Waals surface area contributed by atoms with Crippen LogP contribution in [0.15, 0.2) is 18.2 Å². The molecule has 1 N–H and O–H groups in total. The van der Waals surface area contributed by atoms with Crippen molar-refractivity contribution >= 4 is 23.2 Å². The number of halogens is 2. The predicted molar refractivity (Wildman–Crippen MR) is 69.3 cm³/mol. The molecule has 1 aromatic rings. The van der Waals surface area contributed by atoms with Crippen LogP contribution >= 0.6 is 23.2 Å². The highest BCUT2D eigenvalue weighted by atomic mass is 35.5. The Morgan fingerprint density at radius 1 is 1.25 bits per heavy atom. The molecule has 0 spiro atoms. The van der Waals surface area contributed by atoms with Crippen molar-refractivity contribution in [3.05, 3.63) is 33.8 Å². The molecule has 0 aliphatic heterocycles. The maximum absolute atomic E-state index is 5.91. The molecule has 0 fully saturated rings. The highest BCUT2D eigenvalue weighted by molar-refractivity contribution is 6.42. The molecule has 0 aliphatic rings. The summed E-state index contributed by atoms with van der Waals surface area (Å²) in [6.45, 7) is 6.38. The molecule has 0 unspecified atom stereocenters. The maximum atomic E-state index is 5.91. The fourth-order valence-electron chi connectivity index (χ4n) is 1.25. The summed E-state index contributed by atoms with van der Waals surface area (Å²) in [5, 5.41) is 4.46. The SMILES string of the molecule is CC(C)OCCNCc1ccc(Cl)c(Cl)c1. The van der Waals surface area contributed by atoms with Crippen molar-refractivity contribution in [1.82, 2.24) is 5.32 Å². The van der Waals surface area contributed by atoms with Crippen LogP contribution in [-0.2, 0) is 11.3 Å². The fourth-order valence-corrected chi connectivity index (χ4v) is 1.57. The number of rotatable bonds is 6. The van der Waals surface area contributed by atoms with Crippen LogP contribution in [0.3, 0.4) is 0 Å². The average molecular weight is 262 g/mol. The van der Waals surface area contributed by atoms with Crippen molar-refractivity contribution in [2.24, 2.45) is 0 Å². The quantitative estimate of drug-likeness (QED) is 0.792. The molecule has 0 bridgehead atoms. The van der Waals surface area contributed by atoms with E-state index in [4.69, 9.17) is 27.9 Å². The first-order chi connectivity index (χ1) is 7.59. The average Bonchev–Trinajstić information content (AvgIpc) is 2.22. The molecule has 0 aliphatic carbocycles. The van der Waals surface area contributed by atoms with Gasteiger partial charge in [0.2, 0.25) is 0 Å². The lowest BCUT2D eigenvalue weighted by molar-refractivity contribution is 0.0807. The third kappa shape index (κ3) is 5.17. The van der Waals surface area contributed by atoms with Gasteiger partial charge in [-0.15, -0.1) is 0 Å². The van der Waals surface area contributed by atoms with E-state index in [1.165, 1.54) is 0 Å². The van der Waals surface area contributed by atoms with E-state index in [2.05, 4.69) is 5.32 Å². The molecule has 0 saturated heterocycles. The first-order valence-corrected chi connectivity index (χ1v) is 6.11. The van der Waals surface area contributed by atoms with Gasteiger partial charge in [-0.2, -0.15) is 0 Å². The second-order valence-corrected chi connectivity index (χ2v) is 4.66. The zero-order valence-corrected chi connectivity index (χ0v) is 11.1. The van der Waals surface area contributed by atoms with E-state index in [-0.39, 0.29) is 6.10 Å². The number of nitrogens with one attached hydrogen (secondary N) is 1. The third-order valence-corrected chi connectivity index (χ3v) is 2.78. The van der Waals surface area contributed by atoms with Gasteiger partial charge in [0.25, 0.3) is 0 Å². The summed E-state index contributed by atoms with van der Waals surface area (Å²) in [6.07, 6.45) is 0.284. The van der Waals surface area contributed by atoms with E-state index >= 15 is 0 Å². The Morgan fingerprint density at radius 3 is 2.62 bits per heavy atom. The second kappa shape index (κ2) is 7.13. The van der Waals surface area contributed by atoms with Crippen LogP contribution in [0.1, 0.15) is 19.4 Å². The predicted octanol–water partition coefficient (Wildman–Crippen LogP) is 3.51. The molecule has 0 amide bonds. The Kier molecular flexibility index (Phi) is 6.14. The minimum atomic E-state index is 0.284. The third-order valence-electron chi connectivity index (χ3n) is 2.04. The molecule has 0 aromatic heterocycles. The normalized spacial score (nSPS) is 11.1. The van der Waals surface area contributed by atoms with Crippen molar-refractivity contribution in [3.8, 4) is 0 Å². The van der Waals surface area contributed by atoms with Crippen LogP contribution in [0, 0.1) is 0 Å². The lowest BCUT2D eigenvalue weighted by Gasteiger charge is -2.09. The van der Waals surface area contributed by atoms with Crippen LogP contribution in [0.25, 0.3) is 0 Å². The van der Waals surface area contributed by atoms with Gasteiger partial charge < -0.3 is 10.1 Å². The molecule has 0 radical (unpaired) electrons. The van der Waals surface area contributed by atoms with Crippen molar-refractivity contribution in [3.63, 3.8) is 0 Å². The topological polar surface area (TPSA) is 21.3 Å². The van der Waals surface area contributed by atoms with E-state index in [0.29, 0.717) is 10.0 Å². The Hall–Kier alpha value is -0.280. The van der Waals surface area contributed by atoms with Crippen LogP contribution in [-0.4, -0.2) is 19.3 Å². The van der Waals surface area contributed by atoms with Gasteiger partial charge in [0.05, 0.1) is 22.8 Å². The lowest BCUT2D eigenvalue weighted by atomic mass is 10.2. The number of hydrogen-bond donors (Lipinski definition) is 1. The summed E-state index contributed by atoms with van der Waals surface area (Å²) in [5.74, 6) is 0. The van der Waals surface area contributed by atoms with Gasteiger partial charge in [0.1, 0.15) is 0 Å². The summed E-state index contributed by atoms with van der Waals surface area (Å²) in [7, 11) is 0. The van der Waals surface area contributed by atoms with E-state index in [9.17, 15) is 0 Å². The summed E-state index contributed by atoms with van der Waals surface area (Å²) in [4.78, 5) is 0. The van der Waals surface area contributed by atoms with Crippen molar-refractivity contribution in [2.75, 3.05) is 13.2 Å². The molecule has 16 heavy (non-hydrogen) atoms. The second-order valence-electron chi connectivity index (χ2n) is 3.84. The zero-order chi connectivity index (χ0) is 12.0. The van der Waals surface area contributed by atoms with Crippen LogP contribution < -0.4 is 5.32 Å². The largest absolute Gasteiger partial charge is 0.377 e. The minimum Gasteiger partial charge on any atom is -0.377 e. The van der Waals surface area contributed by atoms with Gasteiger partial charge in [-0.3, -0.25) is 0 Å². The number of hydrogen-bond acceptors (Lipinski definition) is 2. The zero-order valence-electron chi connectivity index (χ0n) is 9.59. The molecule has 90 valence electrons. The lowest BCUT2D eigenvalue weighted by Crippen LogP contribution is -2.20. The van der Waals surface area contributed by atoms with Crippen molar-refractivity contribution in [2.45, 2.75) is 26.5 Å². The molecule has 1 rings (SSSR count). The first kappa shape index (κ1) is 13.8. The van der Waals surface area contributed by atoms with Crippen LogP contribution in [0.5, 0.6) is 0 Å². The summed E-state index contributed by atoms with van der Waals surface area (Å²) in [5.41, 5.74) is 1.12. The summed E-state index contributed by atoms with van der Waals surface area (Å²) < 4.78 is 5.41. The molecule has 4 heteroatoms. The summed E-state index contributed by atoms with van der Waals surface area (Å²) in [6, 6.07) is 5.65. The van der Waals surface area contributed by atoms with E-state index in [0.717, 1.165) is 25.3 Å². The fraction of sp³-hybridized carbons (Fsp3) is 0.500.